The fraction of sp³-hybridized carbons (Fsp3) is 0.364. The van der Waals surface area contributed by atoms with Gasteiger partial charge in [-0.05, 0) is 24.5 Å². The van der Waals surface area contributed by atoms with Gasteiger partial charge in [0.2, 0.25) is 0 Å². The highest BCUT2D eigenvalue weighted by Gasteiger charge is 2.17. The topological polar surface area (TPSA) is 46.5 Å². The van der Waals surface area contributed by atoms with E-state index in [9.17, 15) is 23.1 Å². The Hall–Kier alpha value is -1.56. The number of hydrogen-bond acceptors (Lipinski definition) is 3. The molecule has 0 spiro atoms. The van der Waals surface area contributed by atoms with E-state index < -0.39 is 29.5 Å². The molecule has 1 aromatic rings. The first kappa shape index (κ1) is 13.5. The second kappa shape index (κ2) is 5.67. The fourth-order valence-electron chi connectivity index (χ4n) is 1.30. The molecular formula is C11H11F3O3. The predicted molar refractivity (Wildman–Crippen MR) is 52.7 cm³/mol. The standard InChI is InChI=1S/C11H11F3O3/c1-17-11(16)10(15)3-2-6-4-8(13)9(14)5-7(6)12/h4-5,10,15H,2-3H2,1H3. The number of hydrogen-bond donors (Lipinski definition) is 1. The first-order chi connectivity index (χ1) is 7.95. The number of carbonyl (C=O) groups excluding carboxylic acids is 1. The lowest BCUT2D eigenvalue weighted by molar-refractivity contribution is -0.150. The molecule has 0 aliphatic heterocycles. The molecule has 0 radical (unpaired) electrons. The molecule has 0 fully saturated rings. The number of aliphatic hydroxyl groups is 1. The van der Waals surface area contributed by atoms with Crippen molar-refractivity contribution in [3.05, 3.63) is 35.1 Å². The monoisotopic (exact) mass is 248 g/mol. The van der Waals surface area contributed by atoms with Crippen LogP contribution in [0.5, 0.6) is 0 Å². The molecule has 0 saturated heterocycles. The van der Waals surface area contributed by atoms with Gasteiger partial charge in [0, 0.05) is 6.07 Å². The average Bonchev–Trinajstić information content (AvgIpc) is 2.30. The number of aryl methyl sites for hydroxylation is 1. The lowest BCUT2D eigenvalue weighted by Crippen LogP contribution is -2.22. The Morgan fingerprint density at radius 3 is 2.47 bits per heavy atom. The first-order valence-corrected chi connectivity index (χ1v) is 4.85. The van der Waals surface area contributed by atoms with Gasteiger partial charge in [-0.15, -0.1) is 0 Å². The molecule has 1 aromatic carbocycles. The van der Waals surface area contributed by atoms with Crippen LogP contribution in [0.25, 0.3) is 0 Å². The van der Waals surface area contributed by atoms with Crippen molar-refractivity contribution in [3.63, 3.8) is 0 Å². The van der Waals surface area contributed by atoms with Crippen molar-refractivity contribution < 1.29 is 27.8 Å². The van der Waals surface area contributed by atoms with Crippen molar-refractivity contribution in [1.29, 1.82) is 0 Å². The molecule has 0 saturated carbocycles. The van der Waals surface area contributed by atoms with Crippen LogP contribution < -0.4 is 0 Å². The van der Waals surface area contributed by atoms with Crippen LogP contribution in [0, 0.1) is 17.5 Å². The van der Waals surface area contributed by atoms with E-state index >= 15 is 0 Å². The lowest BCUT2D eigenvalue weighted by atomic mass is 10.1. The smallest absolute Gasteiger partial charge is 0.334 e. The minimum Gasteiger partial charge on any atom is -0.467 e. The SMILES string of the molecule is COC(=O)C(O)CCc1cc(F)c(F)cc1F. The number of aliphatic hydroxyl groups excluding tert-OH is 1. The van der Waals surface area contributed by atoms with Gasteiger partial charge in [-0.25, -0.2) is 18.0 Å². The predicted octanol–water partition coefficient (Wildman–Crippen LogP) is 1.57. The summed E-state index contributed by atoms with van der Waals surface area (Å²) in [6.45, 7) is 0. The van der Waals surface area contributed by atoms with Crippen molar-refractivity contribution in [2.24, 2.45) is 0 Å². The zero-order valence-electron chi connectivity index (χ0n) is 9.04. The first-order valence-electron chi connectivity index (χ1n) is 4.85. The Morgan fingerprint density at radius 1 is 1.29 bits per heavy atom. The van der Waals surface area contributed by atoms with E-state index in [0.717, 1.165) is 7.11 Å². The van der Waals surface area contributed by atoms with Gasteiger partial charge in [0.25, 0.3) is 0 Å². The van der Waals surface area contributed by atoms with E-state index in [4.69, 9.17) is 0 Å². The van der Waals surface area contributed by atoms with Gasteiger partial charge in [-0.2, -0.15) is 0 Å². The Bertz CT molecular complexity index is 421. The third-order valence-electron chi connectivity index (χ3n) is 2.25. The van der Waals surface area contributed by atoms with Crippen LogP contribution in [0.2, 0.25) is 0 Å². The maximum absolute atomic E-state index is 13.2. The maximum Gasteiger partial charge on any atom is 0.334 e. The quantitative estimate of drug-likeness (QED) is 0.650. The zero-order chi connectivity index (χ0) is 13.0. The molecule has 6 heteroatoms. The number of ether oxygens (including phenoxy) is 1. The molecule has 0 bridgehead atoms. The molecular weight excluding hydrogens is 237 g/mol. The minimum atomic E-state index is -1.41. The Kier molecular flexibility index (Phi) is 4.51. The van der Waals surface area contributed by atoms with Crippen molar-refractivity contribution in [2.45, 2.75) is 18.9 Å². The van der Waals surface area contributed by atoms with Crippen LogP contribution >= 0.6 is 0 Å². The van der Waals surface area contributed by atoms with E-state index in [1.165, 1.54) is 0 Å². The summed E-state index contributed by atoms with van der Waals surface area (Å²) in [5.41, 5.74) is -0.105. The molecule has 1 N–H and O–H groups in total. The van der Waals surface area contributed by atoms with Crippen LogP contribution in [0.1, 0.15) is 12.0 Å². The molecule has 0 aliphatic rings. The van der Waals surface area contributed by atoms with Crippen molar-refractivity contribution in [2.75, 3.05) is 7.11 Å². The Labute approximate surface area is 95.8 Å². The van der Waals surface area contributed by atoms with E-state index in [1.54, 1.807) is 0 Å². The van der Waals surface area contributed by atoms with E-state index in [2.05, 4.69) is 4.74 Å². The van der Waals surface area contributed by atoms with Gasteiger partial charge < -0.3 is 9.84 Å². The second-order valence-corrected chi connectivity index (χ2v) is 3.44. The third-order valence-corrected chi connectivity index (χ3v) is 2.25. The average molecular weight is 248 g/mol. The second-order valence-electron chi connectivity index (χ2n) is 3.44. The highest BCUT2D eigenvalue weighted by molar-refractivity contribution is 5.74. The molecule has 0 aliphatic carbocycles. The fourth-order valence-corrected chi connectivity index (χ4v) is 1.30. The molecule has 1 rings (SSSR count). The van der Waals surface area contributed by atoms with Crippen LogP contribution in [-0.4, -0.2) is 24.3 Å². The van der Waals surface area contributed by atoms with Gasteiger partial charge in [0.15, 0.2) is 17.7 Å². The Morgan fingerprint density at radius 2 is 1.88 bits per heavy atom. The summed E-state index contributed by atoms with van der Waals surface area (Å²) in [5, 5.41) is 9.23. The van der Waals surface area contributed by atoms with E-state index in [-0.39, 0.29) is 18.4 Å². The normalized spacial score (nSPS) is 12.3. The summed E-state index contributed by atoms with van der Waals surface area (Å²) in [6, 6.07) is 1.13. The number of methoxy groups -OCH3 is 1. The van der Waals surface area contributed by atoms with Crippen molar-refractivity contribution in [1.82, 2.24) is 0 Å². The highest BCUT2D eigenvalue weighted by atomic mass is 19.2. The zero-order valence-corrected chi connectivity index (χ0v) is 9.04. The molecule has 94 valence electrons. The summed E-state index contributed by atoms with van der Waals surface area (Å²) >= 11 is 0. The maximum atomic E-state index is 13.2. The summed E-state index contributed by atoms with van der Waals surface area (Å²) in [5.74, 6) is -4.22. The molecule has 0 heterocycles. The highest BCUT2D eigenvalue weighted by Crippen LogP contribution is 2.16. The summed E-state index contributed by atoms with van der Waals surface area (Å²) < 4.78 is 42.8. The minimum absolute atomic E-state index is 0.0979. The molecule has 3 nitrogen and oxygen atoms in total. The molecule has 17 heavy (non-hydrogen) atoms. The van der Waals surface area contributed by atoms with Gasteiger partial charge >= 0.3 is 5.97 Å². The summed E-state index contributed by atoms with van der Waals surface area (Å²) in [4.78, 5) is 10.8. The molecule has 0 aromatic heterocycles. The lowest BCUT2D eigenvalue weighted by Gasteiger charge is -2.08. The van der Waals surface area contributed by atoms with E-state index in [0.29, 0.717) is 12.1 Å². The largest absolute Gasteiger partial charge is 0.467 e. The number of halogens is 3. The van der Waals surface area contributed by atoms with Gasteiger partial charge in [-0.1, -0.05) is 0 Å². The molecule has 1 unspecified atom stereocenters. The van der Waals surface area contributed by atoms with Crippen molar-refractivity contribution >= 4 is 5.97 Å². The van der Waals surface area contributed by atoms with Crippen LogP contribution in [0.4, 0.5) is 13.2 Å². The van der Waals surface area contributed by atoms with Crippen LogP contribution in [-0.2, 0) is 16.0 Å². The van der Waals surface area contributed by atoms with Gasteiger partial charge in [0.1, 0.15) is 5.82 Å². The van der Waals surface area contributed by atoms with Gasteiger partial charge in [-0.3, -0.25) is 0 Å². The van der Waals surface area contributed by atoms with Crippen LogP contribution in [0.15, 0.2) is 12.1 Å². The number of benzene rings is 1. The molecule has 0 amide bonds. The number of esters is 1. The van der Waals surface area contributed by atoms with Crippen LogP contribution in [0.3, 0.4) is 0 Å². The van der Waals surface area contributed by atoms with E-state index in [1.807, 2.05) is 0 Å². The third kappa shape index (κ3) is 3.45. The van der Waals surface area contributed by atoms with Crippen molar-refractivity contribution in [3.8, 4) is 0 Å². The summed E-state index contributed by atoms with van der Waals surface area (Å²) in [7, 11) is 1.10. The number of rotatable bonds is 4. The molecule has 1 atom stereocenters. The van der Waals surface area contributed by atoms with Gasteiger partial charge in [0.05, 0.1) is 7.11 Å². The summed E-state index contributed by atoms with van der Waals surface area (Å²) in [6.07, 6.45) is -1.64. The number of carbonyl (C=O) groups is 1. The Balaban J connectivity index is 2.70.